The van der Waals surface area contributed by atoms with Gasteiger partial charge in [0, 0.05) is 6.04 Å². The lowest BCUT2D eigenvalue weighted by Crippen LogP contribution is -2.18. The van der Waals surface area contributed by atoms with Gasteiger partial charge in [-0.3, -0.25) is 10.1 Å². The first kappa shape index (κ1) is 13.8. The van der Waals surface area contributed by atoms with Crippen LogP contribution in [-0.4, -0.2) is 11.0 Å². The number of benzene rings is 1. The van der Waals surface area contributed by atoms with Gasteiger partial charge in [-0.1, -0.05) is 13.8 Å². The van der Waals surface area contributed by atoms with Crippen LogP contribution in [0.1, 0.15) is 38.7 Å². The van der Waals surface area contributed by atoms with Crippen molar-refractivity contribution in [2.24, 2.45) is 5.41 Å². The fourth-order valence-electron chi connectivity index (χ4n) is 2.72. The van der Waals surface area contributed by atoms with Crippen LogP contribution >= 0.6 is 0 Å². The smallest absolute Gasteiger partial charge is 0.295 e. The van der Waals surface area contributed by atoms with E-state index in [0.29, 0.717) is 11.3 Å². The molecule has 1 saturated carbocycles. The number of anilines is 1. The highest BCUT2D eigenvalue weighted by Gasteiger charge is 2.32. The number of nitrogens with zero attached hydrogens (tertiary/aromatic N) is 1. The molecule has 0 aliphatic heterocycles. The number of nitro benzene ring substituents is 1. The van der Waals surface area contributed by atoms with Crippen molar-refractivity contribution >= 4 is 11.4 Å². The predicted molar refractivity (Wildman–Crippen MR) is 72.8 cm³/mol. The fourth-order valence-corrected chi connectivity index (χ4v) is 2.72. The number of halogens is 1. The molecule has 1 atom stereocenters. The molecule has 1 aliphatic rings. The van der Waals surface area contributed by atoms with E-state index in [4.69, 9.17) is 0 Å². The van der Waals surface area contributed by atoms with Gasteiger partial charge in [-0.2, -0.15) is 0 Å². The van der Waals surface area contributed by atoms with Crippen LogP contribution in [0.4, 0.5) is 15.8 Å². The monoisotopic (exact) mass is 266 g/mol. The summed E-state index contributed by atoms with van der Waals surface area (Å²) in [4.78, 5) is 10.4. The molecule has 0 saturated heterocycles. The van der Waals surface area contributed by atoms with Crippen LogP contribution < -0.4 is 5.32 Å². The van der Waals surface area contributed by atoms with Crippen molar-refractivity contribution in [2.45, 2.75) is 46.1 Å². The highest BCUT2D eigenvalue weighted by atomic mass is 19.1. The Kier molecular flexibility index (Phi) is 3.47. The van der Waals surface area contributed by atoms with Crippen LogP contribution in [0.5, 0.6) is 0 Å². The number of nitrogens with one attached hydrogen (secondary N) is 1. The van der Waals surface area contributed by atoms with E-state index < -0.39 is 10.7 Å². The Morgan fingerprint density at radius 1 is 1.47 bits per heavy atom. The topological polar surface area (TPSA) is 55.2 Å². The molecular weight excluding hydrogens is 247 g/mol. The summed E-state index contributed by atoms with van der Waals surface area (Å²) in [5, 5.41) is 14.2. The fraction of sp³-hybridized carbons (Fsp3) is 0.571. The Morgan fingerprint density at radius 2 is 2.16 bits per heavy atom. The van der Waals surface area contributed by atoms with E-state index in [-0.39, 0.29) is 17.1 Å². The van der Waals surface area contributed by atoms with Crippen molar-refractivity contribution in [1.29, 1.82) is 0 Å². The van der Waals surface area contributed by atoms with E-state index >= 15 is 0 Å². The van der Waals surface area contributed by atoms with Gasteiger partial charge in [-0.25, -0.2) is 4.39 Å². The Morgan fingerprint density at radius 3 is 2.68 bits per heavy atom. The molecule has 0 heterocycles. The molecule has 1 aromatic rings. The molecule has 1 unspecified atom stereocenters. The highest BCUT2D eigenvalue weighted by molar-refractivity contribution is 5.63. The summed E-state index contributed by atoms with van der Waals surface area (Å²) >= 11 is 0. The molecule has 0 aromatic heterocycles. The summed E-state index contributed by atoms with van der Waals surface area (Å²) < 4.78 is 13.4. The molecule has 1 N–H and O–H groups in total. The van der Waals surface area contributed by atoms with E-state index in [1.54, 1.807) is 6.92 Å². The average Bonchev–Trinajstić information content (AvgIpc) is 2.62. The normalized spacial score (nSPS) is 21.4. The first-order valence-electron chi connectivity index (χ1n) is 6.49. The molecular formula is C14H19FN2O2. The van der Waals surface area contributed by atoms with Crippen LogP contribution in [0.25, 0.3) is 0 Å². The van der Waals surface area contributed by atoms with Gasteiger partial charge in [0.2, 0.25) is 0 Å². The van der Waals surface area contributed by atoms with Crippen molar-refractivity contribution in [3.8, 4) is 0 Å². The largest absolute Gasteiger partial charge is 0.377 e. The third-order valence-corrected chi connectivity index (χ3v) is 3.80. The van der Waals surface area contributed by atoms with Crippen molar-refractivity contribution < 1.29 is 9.31 Å². The molecule has 1 aromatic carbocycles. The van der Waals surface area contributed by atoms with E-state index in [2.05, 4.69) is 19.2 Å². The van der Waals surface area contributed by atoms with Crippen LogP contribution in [0.15, 0.2) is 12.1 Å². The lowest BCUT2D eigenvalue weighted by Gasteiger charge is -2.18. The zero-order chi connectivity index (χ0) is 14.2. The minimum Gasteiger partial charge on any atom is -0.377 e. The molecule has 1 fully saturated rings. The molecule has 104 valence electrons. The lowest BCUT2D eigenvalue weighted by atomic mass is 9.92. The number of aryl methyl sites for hydroxylation is 1. The number of hydrogen-bond donors (Lipinski definition) is 1. The van der Waals surface area contributed by atoms with E-state index in [0.717, 1.165) is 25.3 Å². The minimum atomic E-state index is -0.538. The maximum absolute atomic E-state index is 13.4. The Bertz CT molecular complexity index is 514. The van der Waals surface area contributed by atoms with Crippen molar-refractivity contribution in [3.05, 3.63) is 33.6 Å². The first-order chi connectivity index (χ1) is 8.78. The van der Waals surface area contributed by atoms with Gasteiger partial charge in [0.25, 0.3) is 5.69 Å². The third-order valence-electron chi connectivity index (χ3n) is 3.80. The Hall–Kier alpha value is -1.65. The SMILES string of the molecule is Cc1cc(NC2CCC(C)(C)C2)c([N+](=O)[O-])cc1F. The third kappa shape index (κ3) is 3.03. The van der Waals surface area contributed by atoms with Crippen molar-refractivity contribution in [1.82, 2.24) is 0 Å². The minimum absolute atomic E-state index is 0.187. The second-order valence-electron chi connectivity index (χ2n) is 6.12. The average molecular weight is 266 g/mol. The van der Waals surface area contributed by atoms with Crippen molar-refractivity contribution in [3.63, 3.8) is 0 Å². The van der Waals surface area contributed by atoms with Gasteiger partial charge in [0.15, 0.2) is 0 Å². The summed E-state index contributed by atoms with van der Waals surface area (Å²) in [6, 6.07) is 2.75. The zero-order valence-corrected chi connectivity index (χ0v) is 11.5. The second kappa shape index (κ2) is 4.79. The predicted octanol–water partition coefficient (Wildman–Crippen LogP) is 4.03. The van der Waals surface area contributed by atoms with E-state index in [9.17, 15) is 14.5 Å². The van der Waals surface area contributed by atoms with Gasteiger partial charge in [-0.15, -0.1) is 0 Å². The molecule has 0 amide bonds. The number of hydrogen-bond acceptors (Lipinski definition) is 3. The lowest BCUT2D eigenvalue weighted by molar-refractivity contribution is -0.384. The van der Waals surface area contributed by atoms with Crippen LogP contribution in [-0.2, 0) is 0 Å². The van der Waals surface area contributed by atoms with Gasteiger partial charge in [0.05, 0.1) is 11.0 Å². The first-order valence-corrected chi connectivity index (χ1v) is 6.49. The van der Waals surface area contributed by atoms with Crippen LogP contribution in [0.2, 0.25) is 0 Å². The van der Waals surface area contributed by atoms with Gasteiger partial charge >= 0.3 is 0 Å². The summed E-state index contributed by atoms with van der Waals surface area (Å²) in [6.07, 6.45) is 3.06. The standard InChI is InChI=1S/C14H19FN2O2/c1-9-6-12(13(17(18)19)7-11(9)15)16-10-4-5-14(2,3)8-10/h6-7,10,16H,4-5,8H2,1-3H3. The van der Waals surface area contributed by atoms with E-state index in [1.807, 2.05) is 0 Å². The van der Waals surface area contributed by atoms with Gasteiger partial charge in [-0.05, 0) is 43.2 Å². The van der Waals surface area contributed by atoms with E-state index in [1.165, 1.54) is 6.07 Å². The maximum Gasteiger partial charge on any atom is 0.295 e. The Balaban J connectivity index is 2.25. The summed E-state index contributed by atoms with van der Waals surface area (Å²) in [5.41, 5.74) is 0.923. The van der Waals surface area contributed by atoms with Gasteiger partial charge in [0.1, 0.15) is 11.5 Å². The summed E-state index contributed by atoms with van der Waals surface area (Å²) in [7, 11) is 0. The highest BCUT2D eigenvalue weighted by Crippen LogP contribution is 2.39. The molecule has 4 nitrogen and oxygen atoms in total. The molecule has 0 radical (unpaired) electrons. The maximum atomic E-state index is 13.4. The second-order valence-corrected chi connectivity index (χ2v) is 6.12. The zero-order valence-electron chi connectivity index (χ0n) is 11.5. The van der Waals surface area contributed by atoms with Crippen molar-refractivity contribution in [2.75, 3.05) is 5.32 Å². The quantitative estimate of drug-likeness (QED) is 0.663. The van der Waals surface area contributed by atoms with Crippen LogP contribution in [0, 0.1) is 28.3 Å². The molecule has 0 bridgehead atoms. The molecule has 2 rings (SSSR count). The van der Waals surface area contributed by atoms with Crippen LogP contribution in [0.3, 0.4) is 0 Å². The molecule has 5 heteroatoms. The van der Waals surface area contributed by atoms with Gasteiger partial charge < -0.3 is 5.32 Å². The molecule has 0 spiro atoms. The molecule has 19 heavy (non-hydrogen) atoms. The summed E-state index contributed by atoms with van der Waals surface area (Å²) in [5.74, 6) is -0.538. The molecule has 1 aliphatic carbocycles. The summed E-state index contributed by atoms with van der Waals surface area (Å²) in [6.45, 7) is 6.00. The number of rotatable bonds is 3. The Labute approximate surface area is 112 Å². The number of nitro groups is 1.